The molecular weight excluding hydrogens is 511 g/mol. The van der Waals surface area contributed by atoms with Gasteiger partial charge in [-0.25, -0.2) is 13.4 Å². The van der Waals surface area contributed by atoms with Crippen molar-refractivity contribution in [1.82, 2.24) is 15.5 Å². The molecule has 0 aliphatic rings. The van der Waals surface area contributed by atoms with Crippen LogP contribution in [-0.2, 0) is 29.5 Å². The molecule has 0 aromatic heterocycles. The van der Waals surface area contributed by atoms with Crippen LogP contribution in [0.2, 0.25) is 0 Å². The van der Waals surface area contributed by atoms with Crippen molar-refractivity contribution >= 4 is 39.8 Å². The highest BCUT2D eigenvalue weighted by atomic mass is 127. The first-order valence-corrected chi connectivity index (χ1v) is 11.6. The third-order valence-electron chi connectivity index (χ3n) is 4.35. The lowest BCUT2D eigenvalue weighted by molar-refractivity contribution is 0.402. The quantitative estimate of drug-likeness (QED) is 0.303. The molecule has 2 aromatic carbocycles. The molecule has 0 aliphatic heterocycles. The smallest absolute Gasteiger partial charge is 0.191 e. The summed E-state index contributed by atoms with van der Waals surface area (Å²) in [5, 5.41) is 6.58. The summed E-state index contributed by atoms with van der Waals surface area (Å²) in [6, 6.07) is 13.9. The molecule has 0 bridgehead atoms. The largest absolute Gasteiger partial charge is 0.357 e. The molecule has 0 aliphatic carbocycles. The van der Waals surface area contributed by atoms with Gasteiger partial charge in [0.1, 0.15) is 0 Å². The Morgan fingerprint density at radius 2 is 1.73 bits per heavy atom. The number of sulfone groups is 1. The molecule has 0 heterocycles. The van der Waals surface area contributed by atoms with Crippen molar-refractivity contribution in [1.29, 1.82) is 0 Å². The van der Waals surface area contributed by atoms with E-state index in [0.29, 0.717) is 18.0 Å². The zero-order valence-corrected chi connectivity index (χ0v) is 21.5. The first kappa shape index (κ1) is 26.4. The Morgan fingerprint density at radius 3 is 2.33 bits per heavy atom. The maximum absolute atomic E-state index is 11.8. The molecule has 0 saturated heterocycles. The summed E-state index contributed by atoms with van der Waals surface area (Å²) in [7, 11) is 0.915. The highest BCUT2D eigenvalue weighted by Gasteiger charge is 2.11. The highest BCUT2D eigenvalue weighted by Crippen LogP contribution is 2.16. The fourth-order valence-corrected chi connectivity index (χ4v) is 4.09. The number of guanidine groups is 1. The fraction of sp³-hybridized carbons (Fsp3) is 0.409. The Hall–Kier alpha value is -1.65. The lowest BCUT2D eigenvalue weighted by Gasteiger charge is -2.13. The number of rotatable bonds is 8. The molecule has 0 unspecified atom stereocenters. The van der Waals surface area contributed by atoms with Crippen molar-refractivity contribution < 1.29 is 8.42 Å². The minimum absolute atomic E-state index is 0. The van der Waals surface area contributed by atoms with E-state index >= 15 is 0 Å². The normalized spacial score (nSPS) is 11.9. The van der Waals surface area contributed by atoms with E-state index in [1.807, 2.05) is 26.0 Å². The maximum Gasteiger partial charge on any atom is 0.191 e. The number of aliphatic imine (C=N–C) groups is 1. The number of nitrogens with zero attached hydrogens (tertiary/aromatic N) is 2. The second kappa shape index (κ2) is 12.3. The van der Waals surface area contributed by atoms with Gasteiger partial charge in [-0.1, -0.05) is 36.4 Å². The average molecular weight is 545 g/mol. The van der Waals surface area contributed by atoms with Crippen molar-refractivity contribution in [3.05, 3.63) is 64.7 Å². The van der Waals surface area contributed by atoms with Gasteiger partial charge in [-0.15, -0.1) is 24.0 Å². The van der Waals surface area contributed by atoms with E-state index in [0.717, 1.165) is 35.7 Å². The van der Waals surface area contributed by atoms with E-state index in [9.17, 15) is 8.42 Å². The van der Waals surface area contributed by atoms with E-state index in [1.165, 1.54) is 11.8 Å². The molecule has 166 valence electrons. The van der Waals surface area contributed by atoms with Gasteiger partial charge in [0, 0.05) is 25.9 Å². The summed E-state index contributed by atoms with van der Waals surface area (Å²) < 4.78 is 23.5. The molecule has 0 radical (unpaired) electrons. The minimum atomic E-state index is -3.20. The standard InChI is InChI=1S/C22H32N4O2S.HI/c1-6-23-22(24-14-18-8-7-9-20(13-18)16-26(3)4)25-15-19-10-11-21(17(2)12-19)29(5,27)28;/h7-13H,6,14-16H2,1-5H3,(H2,23,24,25);1H. The number of aryl methyl sites for hydroxylation is 1. The van der Waals surface area contributed by atoms with Crippen LogP contribution in [0.25, 0.3) is 0 Å². The van der Waals surface area contributed by atoms with Crippen LogP contribution in [0.4, 0.5) is 0 Å². The van der Waals surface area contributed by atoms with Gasteiger partial charge in [0.05, 0.1) is 11.4 Å². The predicted molar refractivity (Wildman–Crippen MR) is 135 cm³/mol. The second-order valence-electron chi connectivity index (χ2n) is 7.48. The van der Waals surface area contributed by atoms with E-state index in [-0.39, 0.29) is 24.0 Å². The summed E-state index contributed by atoms with van der Waals surface area (Å²) in [6.07, 6.45) is 1.23. The average Bonchev–Trinajstić information content (AvgIpc) is 2.63. The molecule has 30 heavy (non-hydrogen) atoms. The topological polar surface area (TPSA) is 73.8 Å². The first-order chi connectivity index (χ1) is 13.7. The van der Waals surface area contributed by atoms with Gasteiger partial charge in [0.2, 0.25) is 0 Å². The second-order valence-corrected chi connectivity index (χ2v) is 9.46. The van der Waals surface area contributed by atoms with Gasteiger partial charge in [0.15, 0.2) is 15.8 Å². The summed E-state index contributed by atoms with van der Waals surface area (Å²) in [4.78, 5) is 7.20. The molecular formula is C22H33IN4O2S. The molecule has 0 atom stereocenters. The summed E-state index contributed by atoms with van der Waals surface area (Å²) >= 11 is 0. The molecule has 8 heteroatoms. The van der Waals surface area contributed by atoms with Gasteiger partial charge < -0.3 is 15.5 Å². The number of halogens is 1. The van der Waals surface area contributed by atoms with Crippen LogP contribution in [0.3, 0.4) is 0 Å². The van der Waals surface area contributed by atoms with Crippen LogP contribution >= 0.6 is 24.0 Å². The Balaban J connectivity index is 0.00000450. The van der Waals surface area contributed by atoms with Crippen molar-refractivity contribution in [2.45, 2.75) is 38.4 Å². The van der Waals surface area contributed by atoms with E-state index < -0.39 is 9.84 Å². The third kappa shape index (κ3) is 8.61. The third-order valence-corrected chi connectivity index (χ3v) is 5.61. The molecule has 2 rings (SSSR count). The zero-order valence-electron chi connectivity index (χ0n) is 18.4. The van der Waals surface area contributed by atoms with Crippen molar-refractivity contribution in [3.8, 4) is 0 Å². The van der Waals surface area contributed by atoms with Crippen LogP contribution in [-0.4, -0.2) is 46.2 Å². The Labute approximate surface area is 198 Å². The van der Waals surface area contributed by atoms with Gasteiger partial charge in [-0.05, 0) is 56.3 Å². The van der Waals surface area contributed by atoms with Gasteiger partial charge in [-0.3, -0.25) is 0 Å². The van der Waals surface area contributed by atoms with Crippen LogP contribution in [0.1, 0.15) is 29.2 Å². The highest BCUT2D eigenvalue weighted by molar-refractivity contribution is 14.0. The zero-order chi connectivity index (χ0) is 21.4. The van der Waals surface area contributed by atoms with Crippen LogP contribution in [0, 0.1) is 6.92 Å². The molecule has 0 amide bonds. The van der Waals surface area contributed by atoms with Gasteiger partial charge in [-0.2, -0.15) is 0 Å². The van der Waals surface area contributed by atoms with E-state index in [1.54, 1.807) is 6.07 Å². The summed E-state index contributed by atoms with van der Waals surface area (Å²) in [6.45, 7) is 6.66. The fourth-order valence-electron chi connectivity index (χ4n) is 3.13. The van der Waals surface area contributed by atoms with Gasteiger partial charge >= 0.3 is 0 Å². The predicted octanol–water partition coefficient (Wildman–Crippen LogP) is 3.33. The van der Waals surface area contributed by atoms with Crippen LogP contribution in [0.5, 0.6) is 0 Å². The molecule has 6 nitrogen and oxygen atoms in total. The molecule has 0 spiro atoms. The molecule has 0 fully saturated rings. The number of nitrogens with one attached hydrogen (secondary N) is 2. The molecule has 2 N–H and O–H groups in total. The lowest BCUT2D eigenvalue weighted by atomic mass is 10.1. The molecule has 2 aromatic rings. The minimum Gasteiger partial charge on any atom is -0.357 e. The monoisotopic (exact) mass is 544 g/mol. The number of benzene rings is 2. The number of hydrogen-bond acceptors (Lipinski definition) is 4. The Morgan fingerprint density at radius 1 is 1.03 bits per heavy atom. The van der Waals surface area contributed by atoms with Crippen LogP contribution in [0.15, 0.2) is 52.4 Å². The Bertz CT molecular complexity index is 959. The SMILES string of the molecule is CCNC(=NCc1cccc(CN(C)C)c1)NCc1ccc(S(C)(=O)=O)c(C)c1.I. The number of hydrogen-bond donors (Lipinski definition) is 2. The van der Waals surface area contributed by atoms with Crippen molar-refractivity contribution in [2.24, 2.45) is 4.99 Å². The van der Waals surface area contributed by atoms with Gasteiger partial charge in [0.25, 0.3) is 0 Å². The van der Waals surface area contributed by atoms with Crippen molar-refractivity contribution in [3.63, 3.8) is 0 Å². The van der Waals surface area contributed by atoms with Crippen molar-refractivity contribution in [2.75, 3.05) is 26.9 Å². The maximum atomic E-state index is 11.8. The summed E-state index contributed by atoms with van der Waals surface area (Å²) in [5.74, 6) is 0.732. The molecule has 0 saturated carbocycles. The first-order valence-electron chi connectivity index (χ1n) is 9.73. The lowest BCUT2D eigenvalue weighted by Crippen LogP contribution is -2.36. The van der Waals surface area contributed by atoms with Crippen LogP contribution < -0.4 is 10.6 Å². The van der Waals surface area contributed by atoms with E-state index in [2.05, 4.69) is 58.9 Å². The summed E-state index contributed by atoms with van der Waals surface area (Å²) in [5.41, 5.74) is 4.19. The van der Waals surface area contributed by atoms with E-state index in [4.69, 9.17) is 0 Å². The Kier molecular flexibility index (Phi) is 10.8.